The van der Waals surface area contributed by atoms with Crippen LogP contribution in [0.15, 0.2) is 18.2 Å². The van der Waals surface area contributed by atoms with E-state index < -0.39 is 23.0 Å². The third-order valence-corrected chi connectivity index (χ3v) is 5.37. The number of carbonyl (C=O) groups excluding carboxylic acids is 1. The molecule has 0 N–H and O–H groups in total. The second-order valence-electron chi connectivity index (χ2n) is 7.08. The van der Waals surface area contributed by atoms with E-state index in [-0.39, 0.29) is 18.0 Å². The molecule has 0 radical (unpaired) electrons. The Morgan fingerprint density at radius 3 is 2.65 bits per heavy atom. The Hall–Kier alpha value is -1.67. The van der Waals surface area contributed by atoms with E-state index in [1.807, 2.05) is 4.90 Å². The lowest BCUT2D eigenvalue weighted by Crippen LogP contribution is -2.38. The molecule has 2 heterocycles. The Morgan fingerprint density at radius 2 is 1.96 bits per heavy atom. The van der Waals surface area contributed by atoms with Crippen LogP contribution in [0.2, 0.25) is 0 Å². The van der Waals surface area contributed by atoms with Crippen molar-refractivity contribution in [1.29, 1.82) is 0 Å². The van der Waals surface area contributed by atoms with Crippen molar-refractivity contribution in [2.24, 2.45) is 5.41 Å². The van der Waals surface area contributed by atoms with Crippen LogP contribution in [-0.4, -0.2) is 55.6 Å². The first-order chi connectivity index (χ1) is 12.2. The molecule has 8 heteroatoms. The Kier molecular flexibility index (Phi) is 5.25. The molecule has 2 aliphatic rings. The number of hydrogen-bond acceptors (Lipinski definition) is 3. The zero-order valence-corrected chi connectivity index (χ0v) is 14.6. The highest BCUT2D eigenvalue weighted by molar-refractivity contribution is 5.85. The summed E-state index contributed by atoms with van der Waals surface area (Å²) in [6, 6.07) is 2.47. The first-order valence-corrected chi connectivity index (χ1v) is 8.61. The minimum atomic E-state index is -4.50. The average molecular weight is 374 g/mol. The fourth-order valence-corrected chi connectivity index (χ4v) is 3.89. The summed E-state index contributed by atoms with van der Waals surface area (Å²) in [5.41, 5.74) is -1.34. The molecule has 1 unspecified atom stereocenters. The number of methoxy groups -OCH3 is 1. The maximum atomic E-state index is 14.0. The normalized spacial score (nSPS) is 24.2. The van der Waals surface area contributed by atoms with Crippen molar-refractivity contribution in [3.8, 4) is 0 Å². The largest absolute Gasteiger partial charge is 0.416 e. The molecule has 1 spiro atoms. The molecule has 1 aromatic carbocycles. The molecule has 3 rings (SSSR count). The zero-order chi connectivity index (χ0) is 18.9. The zero-order valence-electron chi connectivity index (χ0n) is 14.6. The number of likely N-dealkylation sites (tertiary alicyclic amines) is 2. The third kappa shape index (κ3) is 3.71. The summed E-state index contributed by atoms with van der Waals surface area (Å²) in [4.78, 5) is 16.4. The van der Waals surface area contributed by atoms with Crippen LogP contribution in [0.3, 0.4) is 0 Å². The molecule has 1 atom stereocenters. The van der Waals surface area contributed by atoms with Gasteiger partial charge in [0.25, 0.3) is 0 Å². The highest BCUT2D eigenvalue weighted by Crippen LogP contribution is 2.41. The van der Waals surface area contributed by atoms with E-state index in [9.17, 15) is 22.4 Å². The fourth-order valence-electron chi connectivity index (χ4n) is 3.89. The quantitative estimate of drug-likeness (QED) is 0.743. The molecular formula is C18H22F4N2O2. The summed E-state index contributed by atoms with van der Waals surface area (Å²) in [6.45, 7) is 2.77. The molecule has 0 aromatic heterocycles. The van der Waals surface area contributed by atoms with Crippen molar-refractivity contribution in [3.05, 3.63) is 35.1 Å². The Labute approximate surface area is 149 Å². The lowest BCUT2D eigenvalue weighted by molar-refractivity contribution is -0.137. The lowest BCUT2D eigenvalue weighted by atomic mass is 9.85. The highest BCUT2D eigenvalue weighted by Gasteiger charge is 2.50. The van der Waals surface area contributed by atoms with E-state index in [0.717, 1.165) is 24.6 Å². The summed E-state index contributed by atoms with van der Waals surface area (Å²) in [7, 11) is 1.58. The molecule has 0 aliphatic carbocycles. The van der Waals surface area contributed by atoms with E-state index in [0.29, 0.717) is 39.2 Å². The Balaban J connectivity index is 1.68. The molecule has 0 bridgehead atoms. The van der Waals surface area contributed by atoms with Crippen LogP contribution in [0.4, 0.5) is 17.6 Å². The Morgan fingerprint density at radius 1 is 1.23 bits per heavy atom. The standard InChI is InChI=1S/C18H22F4N2O2/c1-26-9-8-24-7-5-17(16(24)25)4-6-23(12-17)11-13-10-14(18(20,21)22)2-3-15(13)19/h2-3,10H,4-9,11-12H2,1H3. The summed E-state index contributed by atoms with van der Waals surface area (Å²) >= 11 is 0. The van der Waals surface area contributed by atoms with Crippen molar-refractivity contribution in [1.82, 2.24) is 9.80 Å². The smallest absolute Gasteiger partial charge is 0.383 e. The van der Waals surface area contributed by atoms with Crippen molar-refractivity contribution >= 4 is 5.91 Å². The predicted molar refractivity (Wildman–Crippen MR) is 86.8 cm³/mol. The van der Waals surface area contributed by atoms with Crippen LogP contribution in [-0.2, 0) is 22.3 Å². The van der Waals surface area contributed by atoms with Crippen LogP contribution >= 0.6 is 0 Å². The first-order valence-electron chi connectivity index (χ1n) is 8.61. The number of nitrogens with zero attached hydrogens (tertiary/aromatic N) is 2. The maximum absolute atomic E-state index is 14.0. The SMILES string of the molecule is COCCN1CCC2(CCN(Cc3cc(C(F)(F)F)ccc3F)C2)C1=O. The van der Waals surface area contributed by atoms with Gasteiger partial charge in [0.15, 0.2) is 0 Å². The van der Waals surface area contributed by atoms with Gasteiger partial charge in [-0.3, -0.25) is 9.69 Å². The van der Waals surface area contributed by atoms with Gasteiger partial charge in [-0.1, -0.05) is 0 Å². The summed E-state index contributed by atoms with van der Waals surface area (Å²) in [5, 5.41) is 0. The maximum Gasteiger partial charge on any atom is 0.416 e. The number of ether oxygens (including phenoxy) is 1. The topological polar surface area (TPSA) is 32.8 Å². The molecule has 1 aromatic rings. The summed E-state index contributed by atoms with van der Waals surface area (Å²) in [5.74, 6) is -0.583. The van der Waals surface area contributed by atoms with Gasteiger partial charge >= 0.3 is 6.18 Å². The average Bonchev–Trinajstić information content (AvgIpc) is 3.12. The molecule has 0 saturated carbocycles. The number of halogens is 4. The molecule has 2 aliphatic heterocycles. The van der Waals surface area contributed by atoms with Crippen LogP contribution in [0.25, 0.3) is 0 Å². The second-order valence-corrected chi connectivity index (χ2v) is 7.08. The van der Waals surface area contributed by atoms with Crippen molar-refractivity contribution in [2.75, 3.05) is 39.9 Å². The van der Waals surface area contributed by atoms with Crippen molar-refractivity contribution in [3.63, 3.8) is 0 Å². The number of hydrogen-bond donors (Lipinski definition) is 0. The number of rotatable bonds is 5. The fraction of sp³-hybridized carbons (Fsp3) is 0.611. The van der Waals surface area contributed by atoms with Gasteiger partial charge in [0.05, 0.1) is 17.6 Å². The number of amides is 1. The Bertz CT molecular complexity index is 680. The number of carbonyl (C=O) groups is 1. The molecule has 1 amide bonds. The first kappa shape index (κ1) is 19.1. The number of alkyl halides is 3. The monoisotopic (exact) mass is 374 g/mol. The van der Waals surface area contributed by atoms with Gasteiger partial charge in [-0.25, -0.2) is 4.39 Å². The van der Waals surface area contributed by atoms with E-state index in [1.165, 1.54) is 0 Å². The molecular weight excluding hydrogens is 352 g/mol. The van der Waals surface area contributed by atoms with Gasteiger partial charge in [-0.2, -0.15) is 13.2 Å². The van der Waals surface area contributed by atoms with Crippen LogP contribution in [0, 0.1) is 11.2 Å². The van der Waals surface area contributed by atoms with Gasteiger partial charge in [-0.15, -0.1) is 0 Å². The summed E-state index contributed by atoms with van der Waals surface area (Å²) < 4.78 is 57.6. The van der Waals surface area contributed by atoms with Gasteiger partial charge in [0.2, 0.25) is 5.91 Å². The predicted octanol–water partition coefficient (Wildman–Crippen LogP) is 2.92. The molecule has 2 saturated heterocycles. The second kappa shape index (κ2) is 7.15. The van der Waals surface area contributed by atoms with E-state index in [1.54, 1.807) is 12.0 Å². The van der Waals surface area contributed by atoms with Gasteiger partial charge < -0.3 is 9.64 Å². The van der Waals surface area contributed by atoms with E-state index >= 15 is 0 Å². The minimum absolute atomic E-state index is 0.0126. The summed E-state index contributed by atoms with van der Waals surface area (Å²) in [6.07, 6.45) is -3.13. The van der Waals surface area contributed by atoms with Crippen LogP contribution < -0.4 is 0 Å². The molecule has 26 heavy (non-hydrogen) atoms. The van der Waals surface area contributed by atoms with Gasteiger partial charge in [0, 0.05) is 38.9 Å². The van der Waals surface area contributed by atoms with Crippen molar-refractivity contribution in [2.45, 2.75) is 25.6 Å². The van der Waals surface area contributed by atoms with Gasteiger partial charge in [0.1, 0.15) is 5.82 Å². The van der Waals surface area contributed by atoms with Gasteiger partial charge in [-0.05, 0) is 37.6 Å². The van der Waals surface area contributed by atoms with E-state index in [4.69, 9.17) is 4.74 Å². The van der Waals surface area contributed by atoms with E-state index in [2.05, 4.69) is 0 Å². The lowest BCUT2D eigenvalue weighted by Gasteiger charge is -2.24. The van der Waals surface area contributed by atoms with Crippen LogP contribution in [0.5, 0.6) is 0 Å². The third-order valence-electron chi connectivity index (χ3n) is 5.37. The highest BCUT2D eigenvalue weighted by atomic mass is 19.4. The number of benzene rings is 1. The molecule has 4 nitrogen and oxygen atoms in total. The minimum Gasteiger partial charge on any atom is -0.383 e. The molecule has 2 fully saturated rings. The van der Waals surface area contributed by atoms with Crippen LogP contribution in [0.1, 0.15) is 24.0 Å². The van der Waals surface area contributed by atoms with Crippen molar-refractivity contribution < 1.29 is 27.1 Å². The molecule has 144 valence electrons.